The summed E-state index contributed by atoms with van der Waals surface area (Å²) in [6.45, 7) is 1.82. The zero-order chi connectivity index (χ0) is 17.9. The monoisotopic (exact) mass is 357 g/mol. The van der Waals surface area contributed by atoms with Gasteiger partial charge in [-0.15, -0.1) is 0 Å². The largest absolute Gasteiger partial charge is 0.226 e. The highest BCUT2D eigenvalue weighted by Gasteiger charge is 2.10. The van der Waals surface area contributed by atoms with Gasteiger partial charge in [-0.1, -0.05) is 60.7 Å². The third-order valence-electron chi connectivity index (χ3n) is 4.13. The quantitative estimate of drug-likeness (QED) is 0.462. The number of benzene rings is 3. The van der Waals surface area contributed by atoms with Crippen molar-refractivity contribution in [2.45, 2.75) is 6.92 Å². The molecule has 0 unspecified atom stereocenters. The molecular formula is C22H16ClN3. The van der Waals surface area contributed by atoms with E-state index in [1.54, 1.807) is 0 Å². The van der Waals surface area contributed by atoms with E-state index in [9.17, 15) is 0 Å². The molecule has 26 heavy (non-hydrogen) atoms. The summed E-state index contributed by atoms with van der Waals surface area (Å²) in [5, 5.41) is 0.207. The summed E-state index contributed by atoms with van der Waals surface area (Å²) in [5.41, 5.74) is 5.41. The lowest BCUT2D eigenvalue weighted by molar-refractivity contribution is 0.984. The van der Waals surface area contributed by atoms with Gasteiger partial charge in [0, 0.05) is 5.56 Å². The van der Waals surface area contributed by atoms with Crippen LogP contribution in [-0.4, -0.2) is 15.0 Å². The highest BCUT2D eigenvalue weighted by atomic mass is 35.5. The van der Waals surface area contributed by atoms with Crippen LogP contribution in [0.4, 0.5) is 0 Å². The van der Waals surface area contributed by atoms with Gasteiger partial charge in [-0.3, -0.25) is 0 Å². The number of aryl methyl sites for hydroxylation is 1. The average Bonchev–Trinajstić information content (AvgIpc) is 2.68. The summed E-state index contributed by atoms with van der Waals surface area (Å²) in [5.74, 6) is 1.18. The summed E-state index contributed by atoms with van der Waals surface area (Å²) in [7, 11) is 0. The fourth-order valence-corrected chi connectivity index (χ4v) is 3.13. The maximum atomic E-state index is 6.05. The second-order valence-corrected chi connectivity index (χ2v) is 6.34. The Kier molecular flexibility index (Phi) is 4.46. The molecule has 4 aromatic rings. The molecule has 0 fully saturated rings. The Bertz CT molecular complexity index is 969. The standard InChI is InChI=1S/C22H16ClN3/c1-15-24-21(26-22(23)25-15)20-13-18(16-8-4-2-5-9-16)12-19(14-20)17-10-6-3-7-11-17/h2-14H,1H3. The molecule has 0 atom stereocenters. The summed E-state index contributed by atoms with van der Waals surface area (Å²) < 4.78 is 0. The molecule has 1 aromatic heterocycles. The number of aromatic nitrogens is 3. The number of hydrogen-bond donors (Lipinski definition) is 0. The molecule has 0 amide bonds. The van der Waals surface area contributed by atoms with Gasteiger partial charge in [0.15, 0.2) is 5.82 Å². The van der Waals surface area contributed by atoms with Crippen molar-refractivity contribution in [3.63, 3.8) is 0 Å². The van der Waals surface area contributed by atoms with E-state index >= 15 is 0 Å². The molecule has 4 heteroatoms. The smallest absolute Gasteiger partial charge is 0.213 e. The van der Waals surface area contributed by atoms with E-state index in [-0.39, 0.29) is 5.28 Å². The predicted molar refractivity (Wildman–Crippen MR) is 106 cm³/mol. The lowest BCUT2D eigenvalue weighted by Gasteiger charge is -2.10. The fraction of sp³-hybridized carbons (Fsp3) is 0.0455. The zero-order valence-corrected chi connectivity index (χ0v) is 15.0. The second kappa shape index (κ2) is 7.06. The molecular weight excluding hydrogens is 342 g/mol. The molecule has 0 saturated heterocycles. The van der Waals surface area contributed by atoms with Crippen LogP contribution in [0.25, 0.3) is 33.6 Å². The molecule has 3 aromatic carbocycles. The highest BCUT2D eigenvalue weighted by molar-refractivity contribution is 6.28. The van der Waals surface area contributed by atoms with Crippen LogP contribution >= 0.6 is 11.6 Å². The van der Waals surface area contributed by atoms with Crippen molar-refractivity contribution in [2.24, 2.45) is 0 Å². The molecule has 0 aliphatic rings. The lowest BCUT2D eigenvalue weighted by atomic mass is 9.96. The predicted octanol–water partition coefficient (Wildman–Crippen LogP) is 5.83. The van der Waals surface area contributed by atoms with Crippen LogP contribution in [0.2, 0.25) is 5.28 Å². The molecule has 0 radical (unpaired) electrons. The van der Waals surface area contributed by atoms with E-state index < -0.39 is 0 Å². The Morgan fingerprint density at radius 2 is 1.08 bits per heavy atom. The fourth-order valence-electron chi connectivity index (χ4n) is 2.93. The Balaban J connectivity index is 1.93. The van der Waals surface area contributed by atoms with Gasteiger partial charge in [-0.05, 0) is 59.0 Å². The van der Waals surface area contributed by atoms with Crippen molar-refractivity contribution in [1.29, 1.82) is 0 Å². The first-order valence-electron chi connectivity index (χ1n) is 8.33. The van der Waals surface area contributed by atoms with E-state index in [1.165, 1.54) is 0 Å². The van der Waals surface area contributed by atoms with Gasteiger partial charge in [-0.2, -0.15) is 4.98 Å². The van der Waals surface area contributed by atoms with Gasteiger partial charge < -0.3 is 0 Å². The summed E-state index contributed by atoms with van der Waals surface area (Å²) >= 11 is 6.05. The van der Waals surface area contributed by atoms with Crippen LogP contribution in [0.5, 0.6) is 0 Å². The van der Waals surface area contributed by atoms with E-state index in [2.05, 4.69) is 57.4 Å². The maximum absolute atomic E-state index is 6.05. The van der Waals surface area contributed by atoms with Gasteiger partial charge in [0.05, 0.1) is 0 Å². The van der Waals surface area contributed by atoms with Gasteiger partial charge in [0.25, 0.3) is 0 Å². The first-order chi connectivity index (χ1) is 12.7. The van der Waals surface area contributed by atoms with Crippen LogP contribution in [0, 0.1) is 6.92 Å². The van der Waals surface area contributed by atoms with E-state index in [0.717, 1.165) is 27.8 Å². The zero-order valence-electron chi connectivity index (χ0n) is 14.2. The van der Waals surface area contributed by atoms with Gasteiger partial charge in [0.1, 0.15) is 5.82 Å². The minimum Gasteiger partial charge on any atom is -0.213 e. The number of hydrogen-bond acceptors (Lipinski definition) is 3. The van der Waals surface area contributed by atoms with Gasteiger partial charge in [-0.25, -0.2) is 9.97 Å². The Labute approximate surface area is 157 Å². The SMILES string of the molecule is Cc1nc(Cl)nc(-c2cc(-c3ccccc3)cc(-c3ccccc3)c2)n1. The van der Waals surface area contributed by atoms with Crippen molar-refractivity contribution in [2.75, 3.05) is 0 Å². The van der Waals surface area contributed by atoms with Crippen LogP contribution in [-0.2, 0) is 0 Å². The van der Waals surface area contributed by atoms with Crippen LogP contribution in [0.3, 0.4) is 0 Å². The van der Waals surface area contributed by atoms with Crippen LogP contribution < -0.4 is 0 Å². The van der Waals surface area contributed by atoms with E-state index in [0.29, 0.717) is 11.6 Å². The van der Waals surface area contributed by atoms with Crippen LogP contribution in [0.1, 0.15) is 5.82 Å². The lowest BCUT2D eigenvalue weighted by Crippen LogP contribution is -1.97. The molecule has 0 spiro atoms. The molecule has 0 aliphatic heterocycles. The van der Waals surface area contributed by atoms with Crippen molar-refractivity contribution >= 4 is 11.6 Å². The van der Waals surface area contributed by atoms with Crippen molar-refractivity contribution in [1.82, 2.24) is 15.0 Å². The van der Waals surface area contributed by atoms with Crippen molar-refractivity contribution in [3.8, 4) is 33.6 Å². The molecule has 0 aliphatic carbocycles. The van der Waals surface area contributed by atoms with E-state index in [1.807, 2.05) is 43.3 Å². The number of rotatable bonds is 3. The molecule has 4 rings (SSSR count). The Hall–Kier alpha value is -3.04. The molecule has 0 N–H and O–H groups in total. The maximum Gasteiger partial charge on any atom is 0.226 e. The van der Waals surface area contributed by atoms with Gasteiger partial charge in [0.2, 0.25) is 5.28 Å². The first-order valence-corrected chi connectivity index (χ1v) is 8.71. The minimum absolute atomic E-state index is 0.207. The molecule has 1 heterocycles. The highest BCUT2D eigenvalue weighted by Crippen LogP contribution is 2.31. The molecule has 3 nitrogen and oxygen atoms in total. The number of halogens is 1. The third kappa shape index (κ3) is 3.48. The number of nitrogens with zero attached hydrogens (tertiary/aromatic N) is 3. The topological polar surface area (TPSA) is 38.7 Å². The van der Waals surface area contributed by atoms with Gasteiger partial charge >= 0.3 is 0 Å². The van der Waals surface area contributed by atoms with Crippen molar-refractivity contribution < 1.29 is 0 Å². The second-order valence-electron chi connectivity index (χ2n) is 6.01. The molecule has 0 saturated carbocycles. The summed E-state index contributed by atoms with van der Waals surface area (Å²) in [4.78, 5) is 12.8. The molecule has 126 valence electrons. The molecule has 0 bridgehead atoms. The first kappa shape index (κ1) is 16.4. The van der Waals surface area contributed by atoms with E-state index in [4.69, 9.17) is 11.6 Å². The van der Waals surface area contributed by atoms with Crippen LogP contribution in [0.15, 0.2) is 78.9 Å². The normalized spacial score (nSPS) is 10.7. The minimum atomic E-state index is 0.207. The average molecular weight is 358 g/mol. The Morgan fingerprint density at radius 1 is 0.577 bits per heavy atom. The summed E-state index contributed by atoms with van der Waals surface area (Å²) in [6, 6.07) is 26.9. The van der Waals surface area contributed by atoms with Crippen molar-refractivity contribution in [3.05, 3.63) is 90.0 Å². The summed E-state index contributed by atoms with van der Waals surface area (Å²) in [6.07, 6.45) is 0. The third-order valence-corrected chi connectivity index (χ3v) is 4.29. The Morgan fingerprint density at radius 3 is 1.58 bits per heavy atom.